The summed E-state index contributed by atoms with van der Waals surface area (Å²) in [5.74, 6) is 0.200. The van der Waals surface area contributed by atoms with Gasteiger partial charge in [-0.05, 0) is 60.0 Å². The Kier molecular flexibility index (Phi) is 8.41. The first kappa shape index (κ1) is 28.3. The third-order valence-electron chi connectivity index (χ3n) is 7.29. The maximum Gasteiger partial charge on any atom is 0.263 e. The van der Waals surface area contributed by atoms with E-state index in [0.717, 1.165) is 47.2 Å². The van der Waals surface area contributed by atoms with Crippen molar-refractivity contribution in [1.82, 2.24) is 19.1 Å². The highest BCUT2D eigenvalue weighted by atomic mass is 16.5. The van der Waals surface area contributed by atoms with Crippen LogP contribution in [0.3, 0.4) is 0 Å². The molecule has 5 aromatic rings. The second kappa shape index (κ2) is 12.5. The Morgan fingerprint density at radius 2 is 1.79 bits per heavy atom. The molecule has 1 aliphatic heterocycles. The Bertz CT molecular complexity index is 1890. The summed E-state index contributed by atoms with van der Waals surface area (Å²) < 4.78 is 9.09. The Balaban J connectivity index is 0.000000300. The zero-order valence-corrected chi connectivity index (χ0v) is 23.2. The van der Waals surface area contributed by atoms with Crippen molar-refractivity contribution in [2.75, 3.05) is 24.7 Å². The van der Waals surface area contributed by atoms with Gasteiger partial charge in [-0.3, -0.25) is 14.2 Å². The number of pyridine rings is 2. The van der Waals surface area contributed by atoms with E-state index < -0.39 is 0 Å². The molecule has 1 saturated heterocycles. The average molecular weight is 562 g/mol. The molecule has 0 atom stereocenters. The number of hydrogen-bond donors (Lipinski definition) is 2. The largest absolute Gasteiger partial charge is 0.382 e. The fourth-order valence-electron chi connectivity index (χ4n) is 5.18. The Hall–Kier alpha value is -5.27. The molecule has 1 aliphatic rings. The van der Waals surface area contributed by atoms with Crippen molar-refractivity contribution in [2.24, 2.45) is 0 Å². The summed E-state index contributed by atoms with van der Waals surface area (Å²) in [7, 11) is 0. The molecule has 10 nitrogen and oxygen atoms in total. The summed E-state index contributed by atoms with van der Waals surface area (Å²) >= 11 is 0. The van der Waals surface area contributed by atoms with Crippen LogP contribution in [0, 0.1) is 11.3 Å². The normalized spacial score (nSPS) is 13.2. The van der Waals surface area contributed by atoms with Crippen molar-refractivity contribution >= 4 is 22.5 Å². The zero-order chi connectivity index (χ0) is 29.6. The van der Waals surface area contributed by atoms with Gasteiger partial charge in [0.1, 0.15) is 17.5 Å². The van der Waals surface area contributed by atoms with E-state index in [-0.39, 0.29) is 34.5 Å². The van der Waals surface area contributed by atoms with E-state index in [9.17, 15) is 9.59 Å². The quantitative estimate of drug-likeness (QED) is 0.330. The minimum Gasteiger partial charge on any atom is -0.382 e. The number of anilines is 2. The maximum atomic E-state index is 13.8. The maximum absolute atomic E-state index is 13.8. The van der Waals surface area contributed by atoms with Gasteiger partial charge >= 0.3 is 0 Å². The van der Waals surface area contributed by atoms with E-state index in [0.29, 0.717) is 18.6 Å². The van der Waals surface area contributed by atoms with Crippen LogP contribution in [0.5, 0.6) is 0 Å². The van der Waals surface area contributed by atoms with Crippen LogP contribution in [0.2, 0.25) is 0 Å². The van der Waals surface area contributed by atoms with Gasteiger partial charge in [0.25, 0.3) is 11.1 Å². The molecule has 0 saturated carbocycles. The number of aromatic nitrogens is 4. The van der Waals surface area contributed by atoms with Crippen LogP contribution in [-0.4, -0.2) is 32.3 Å². The number of benzene rings is 2. The van der Waals surface area contributed by atoms with Gasteiger partial charge in [0.05, 0.1) is 11.6 Å². The SMILES string of the molecule is CCc1cc2cccc(-c3ccc(=O)n(C4CCOCC4)c3)c2c(=O)n1-c1ccccc1.N#Cc1cnc(N)nc1N. The predicted molar refractivity (Wildman–Crippen MR) is 163 cm³/mol. The van der Waals surface area contributed by atoms with E-state index in [4.69, 9.17) is 21.5 Å². The third-order valence-corrected chi connectivity index (χ3v) is 7.29. The summed E-state index contributed by atoms with van der Waals surface area (Å²) in [4.78, 5) is 33.6. The number of aryl methyl sites for hydroxylation is 1. The van der Waals surface area contributed by atoms with Crippen molar-refractivity contribution in [3.8, 4) is 22.9 Å². The highest BCUT2D eigenvalue weighted by Gasteiger charge is 2.19. The van der Waals surface area contributed by atoms with E-state index >= 15 is 0 Å². The fourth-order valence-corrected chi connectivity index (χ4v) is 5.18. The fraction of sp³-hybridized carbons (Fsp3) is 0.219. The van der Waals surface area contributed by atoms with Crippen LogP contribution in [0.15, 0.2) is 88.7 Å². The molecule has 0 aliphatic carbocycles. The van der Waals surface area contributed by atoms with Crippen molar-refractivity contribution < 1.29 is 4.74 Å². The van der Waals surface area contributed by atoms with Crippen LogP contribution < -0.4 is 22.6 Å². The van der Waals surface area contributed by atoms with Crippen LogP contribution >= 0.6 is 0 Å². The van der Waals surface area contributed by atoms with E-state index in [2.05, 4.69) is 23.0 Å². The van der Waals surface area contributed by atoms with Gasteiger partial charge < -0.3 is 20.8 Å². The number of nitriles is 1. The lowest BCUT2D eigenvalue weighted by molar-refractivity contribution is 0.0687. The Morgan fingerprint density at radius 3 is 2.48 bits per heavy atom. The first-order valence-corrected chi connectivity index (χ1v) is 13.7. The smallest absolute Gasteiger partial charge is 0.263 e. The summed E-state index contributed by atoms with van der Waals surface area (Å²) in [6, 6.07) is 23.2. The van der Waals surface area contributed by atoms with Crippen molar-refractivity contribution in [1.29, 1.82) is 5.26 Å². The minimum absolute atomic E-state index is 0.0177. The van der Waals surface area contributed by atoms with Gasteiger partial charge in [0.15, 0.2) is 0 Å². The van der Waals surface area contributed by atoms with Crippen LogP contribution in [0.1, 0.15) is 37.1 Å². The number of nitrogen functional groups attached to an aromatic ring is 2. The van der Waals surface area contributed by atoms with Gasteiger partial charge in [0, 0.05) is 42.9 Å². The minimum atomic E-state index is -0.0371. The first-order valence-electron chi connectivity index (χ1n) is 13.7. The molecule has 0 unspecified atom stereocenters. The summed E-state index contributed by atoms with van der Waals surface area (Å²) in [5.41, 5.74) is 14.2. The third kappa shape index (κ3) is 5.77. The lowest BCUT2D eigenvalue weighted by atomic mass is 9.99. The number of rotatable bonds is 4. The molecular weight excluding hydrogens is 530 g/mol. The highest BCUT2D eigenvalue weighted by Crippen LogP contribution is 2.29. The van der Waals surface area contributed by atoms with Gasteiger partial charge in [-0.25, -0.2) is 4.98 Å². The molecule has 2 aromatic carbocycles. The lowest BCUT2D eigenvalue weighted by Gasteiger charge is -2.24. The molecule has 212 valence electrons. The molecule has 42 heavy (non-hydrogen) atoms. The Labute approximate surface area is 242 Å². The van der Waals surface area contributed by atoms with Crippen molar-refractivity contribution in [2.45, 2.75) is 32.2 Å². The van der Waals surface area contributed by atoms with Crippen LogP contribution in [0.4, 0.5) is 11.8 Å². The number of hydrogen-bond acceptors (Lipinski definition) is 8. The van der Waals surface area contributed by atoms with Gasteiger partial charge in [-0.15, -0.1) is 0 Å². The second-order valence-electron chi connectivity index (χ2n) is 9.88. The number of ether oxygens (including phenoxy) is 1. The topological polar surface area (TPSA) is 155 Å². The molecule has 3 aromatic heterocycles. The number of nitrogens with zero attached hydrogens (tertiary/aromatic N) is 5. The average Bonchev–Trinajstić information content (AvgIpc) is 3.02. The molecule has 6 rings (SSSR count). The van der Waals surface area contributed by atoms with Crippen molar-refractivity contribution in [3.05, 3.63) is 111 Å². The highest BCUT2D eigenvalue weighted by molar-refractivity contribution is 5.96. The molecule has 10 heteroatoms. The number of nitrogens with two attached hydrogens (primary N) is 2. The summed E-state index contributed by atoms with van der Waals surface area (Å²) in [5, 5.41) is 9.95. The van der Waals surface area contributed by atoms with Gasteiger partial charge in [-0.1, -0.05) is 43.3 Å². The molecule has 4 N–H and O–H groups in total. The molecule has 1 fully saturated rings. The summed E-state index contributed by atoms with van der Waals surface area (Å²) in [6.45, 7) is 3.39. The molecule has 0 amide bonds. The number of para-hydroxylation sites is 1. The van der Waals surface area contributed by atoms with Crippen LogP contribution in [0.25, 0.3) is 27.6 Å². The van der Waals surface area contributed by atoms with Gasteiger partial charge in [-0.2, -0.15) is 10.2 Å². The molecule has 0 bridgehead atoms. The molecular formula is C32H31N7O3. The molecule has 0 radical (unpaired) electrons. The standard InChI is InChI=1S/C27H26N2O3.C5H5N5/c1-2-21-17-19-7-6-10-24(26(19)27(31)29(21)23-8-4-3-5-9-23)20-11-12-25(30)28(18-20)22-13-15-32-16-14-22;6-1-3-2-9-5(8)10-4(3)7/h3-12,17-18,22H,2,13-16H2,1H3;2H,(H4,7,8,9,10). The predicted octanol–water partition coefficient (Wildman–Crippen LogP) is 4.25. The number of fused-ring (bicyclic) bond motifs is 1. The van der Waals surface area contributed by atoms with Crippen LogP contribution in [-0.2, 0) is 11.2 Å². The van der Waals surface area contributed by atoms with Crippen molar-refractivity contribution in [3.63, 3.8) is 0 Å². The Morgan fingerprint density at radius 1 is 1.02 bits per heavy atom. The zero-order valence-electron chi connectivity index (χ0n) is 23.2. The van der Waals surface area contributed by atoms with E-state index in [1.54, 1.807) is 10.6 Å². The molecule has 0 spiro atoms. The van der Waals surface area contributed by atoms with Gasteiger partial charge in [0.2, 0.25) is 5.95 Å². The summed E-state index contributed by atoms with van der Waals surface area (Å²) in [6.07, 6.45) is 5.59. The second-order valence-corrected chi connectivity index (χ2v) is 9.88. The molecule has 4 heterocycles. The lowest BCUT2D eigenvalue weighted by Crippen LogP contribution is -2.28. The first-order chi connectivity index (χ1) is 20.4. The monoisotopic (exact) mass is 561 g/mol. The van der Waals surface area contributed by atoms with E-state index in [1.807, 2.05) is 71.4 Å². The van der Waals surface area contributed by atoms with E-state index in [1.165, 1.54) is 6.20 Å².